The average Bonchev–Trinajstić information content (AvgIpc) is 2.74. The quantitative estimate of drug-likeness (QED) is 0.794. The van der Waals surface area contributed by atoms with Crippen LogP contribution in [0.15, 0.2) is 0 Å². The van der Waals surface area contributed by atoms with Gasteiger partial charge in [0.05, 0.1) is 5.92 Å². The molecule has 0 bridgehead atoms. The van der Waals surface area contributed by atoms with Crippen molar-refractivity contribution in [2.75, 3.05) is 7.05 Å². The Bertz CT molecular complexity index is 310. The van der Waals surface area contributed by atoms with E-state index in [1.807, 2.05) is 0 Å². The summed E-state index contributed by atoms with van der Waals surface area (Å²) in [6, 6.07) is 0.870. The molecule has 3 unspecified atom stereocenters. The lowest BCUT2D eigenvalue weighted by molar-refractivity contribution is -0.146. The fraction of sp³-hybridized carbons (Fsp3) is 0.941. The van der Waals surface area contributed by atoms with Gasteiger partial charge in [-0.25, -0.2) is 0 Å². The third-order valence-electron chi connectivity index (χ3n) is 5.74. The first-order valence-electron chi connectivity index (χ1n) is 8.58. The van der Waals surface area contributed by atoms with Crippen LogP contribution in [-0.2, 0) is 4.79 Å². The largest absolute Gasteiger partial charge is 0.481 e. The Balaban J connectivity index is 2.05. The fourth-order valence-electron chi connectivity index (χ4n) is 4.28. The summed E-state index contributed by atoms with van der Waals surface area (Å²) in [5.41, 5.74) is 0. The van der Waals surface area contributed by atoms with Crippen molar-refractivity contribution in [3.8, 4) is 0 Å². The van der Waals surface area contributed by atoms with Crippen LogP contribution in [0.4, 0.5) is 0 Å². The van der Waals surface area contributed by atoms with E-state index in [0.717, 1.165) is 25.2 Å². The molecule has 0 aromatic carbocycles. The van der Waals surface area contributed by atoms with E-state index in [-0.39, 0.29) is 12.0 Å². The SMILES string of the molecule is CCC1CCC(C(=O)O)C(N(C)C2CCCCCC2)C1. The van der Waals surface area contributed by atoms with Gasteiger partial charge >= 0.3 is 5.97 Å². The minimum atomic E-state index is -0.579. The summed E-state index contributed by atoms with van der Waals surface area (Å²) in [5.74, 6) is -0.0000869. The zero-order valence-electron chi connectivity index (χ0n) is 13.2. The molecule has 2 aliphatic carbocycles. The van der Waals surface area contributed by atoms with Crippen LogP contribution in [0.2, 0.25) is 0 Å². The molecule has 20 heavy (non-hydrogen) atoms. The summed E-state index contributed by atoms with van der Waals surface area (Å²) in [5, 5.41) is 9.54. The van der Waals surface area contributed by atoms with E-state index >= 15 is 0 Å². The monoisotopic (exact) mass is 281 g/mol. The van der Waals surface area contributed by atoms with Crippen LogP contribution >= 0.6 is 0 Å². The van der Waals surface area contributed by atoms with Gasteiger partial charge in [-0.1, -0.05) is 39.0 Å². The van der Waals surface area contributed by atoms with Gasteiger partial charge in [0.2, 0.25) is 0 Å². The Hall–Kier alpha value is -0.570. The summed E-state index contributed by atoms with van der Waals surface area (Å²) in [6.07, 6.45) is 12.1. The molecular weight excluding hydrogens is 250 g/mol. The molecule has 1 N–H and O–H groups in total. The average molecular weight is 281 g/mol. The molecule has 0 aromatic rings. The van der Waals surface area contributed by atoms with Gasteiger partial charge in [0.25, 0.3) is 0 Å². The van der Waals surface area contributed by atoms with Crippen molar-refractivity contribution >= 4 is 5.97 Å². The number of carbonyl (C=O) groups is 1. The number of aliphatic carboxylic acids is 1. The van der Waals surface area contributed by atoms with E-state index in [0.29, 0.717) is 6.04 Å². The summed E-state index contributed by atoms with van der Waals surface area (Å²) in [4.78, 5) is 14.0. The van der Waals surface area contributed by atoms with Crippen LogP contribution in [0, 0.1) is 11.8 Å². The Morgan fingerprint density at radius 3 is 2.30 bits per heavy atom. The maximum Gasteiger partial charge on any atom is 0.308 e. The van der Waals surface area contributed by atoms with Crippen molar-refractivity contribution in [1.82, 2.24) is 4.90 Å². The molecule has 2 rings (SSSR count). The molecule has 0 aromatic heterocycles. The molecule has 3 heteroatoms. The molecule has 0 heterocycles. The van der Waals surface area contributed by atoms with Gasteiger partial charge in [-0.15, -0.1) is 0 Å². The molecule has 0 saturated heterocycles. The third kappa shape index (κ3) is 3.75. The van der Waals surface area contributed by atoms with E-state index < -0.39 is 5.97 Å². The highest BCUT2D eigenvalue weighted by molar-refractivity contribution is 5.71. The second kappa shape index (κ2) is 7.44. The summed E-state index contributed by atoms with van der Waals surface area (Å²) >= 11 is 0. The standard InChI is InChI=1S/C17H31NO2/c1-3-13-10-11-15(17(19)20)16(12-13)18(2)14-8-6-4-5-7-9-14/h13-16H,3-12H2,1-2H3,(H,19,20). The van der Waals surface area contributed by atoms with Crippen LogP contribution in [0.25, 0.3) is 0 Å². The molecular formula is C17H31NO2. The zero-order valence-corrected chi connectivity index (χ0v) is 13.2. The van der Waals surface area contributed by atoms with E-state index in [1.165, 1.54) is 44.9 Å². The highest BCUT2D eigenvalue weighted by atomic mass is 16.4. The second-order valence-electron chi connectivity index (χ2n) is 6.91. The number of rotatable bonds is 4. The summed E-state index contributed by atoms with van der Waals surface area (Å²) < 4.78 is 0. The number of carboxylic acids is 1. The Labute approximate surface area is 123 Å². The van der Waals surface area contributed by atoms with Gasteiger partial charge in [-0.3, -0.25) is 9.69 Å². The second-order valence-corrected chi connectivity index (χ2v) is 6.91. The molecule has 0 spiro atoms. The van der Waals surface area contributed by atoms with Crippen molar-refractivity contribution in [1.29, 1.82) is 0 Å². The number of carboxylic acid groups (broad SMARTS) is 1. The molecule has 0 amide bonds. The smallest absolute Gasteiger partial charge is 0.308 e. The predicted octanol–water partition coefficient (Wildman–Crippen LogP) is 3.92. The normalized spacial score (nSPS) is 33.0. The van der Waals surface area contributed by atoms with Crippen LogP contribution in [0.5, 0.6) is 0 Å². The molecule has 0 radical (unpaired) electrons. The zero-order chi connectivity index (χ0) is 14.5. The van der Waals surface area contributed by atoms with Gasteiger partial charge in [0, 0.05) is 12.1 Å². The van der Waals surface area contributed by atoms with Crippen LogP contribution in [0.1, 0.15) is 71.1 Å². The van der Waals surface area contributed by atoms with E-state index in [4.69, 9.17) is 0 Å². The van der Waals surface area contributed by atoms with Crippen LogP contribution in [-0.4, -0.2) is 35.1 Å². The third-order valence-corrected chi connectivity index (χ3v) is 5.74. The number of nitrogens with zero attached hydrogens (tertiary/aromatic N) is 1. The lowest BCUT2D eigenvalue weighted by Gasteiger charge is -2.42. The van der Waals surface area contributed by atoms with Crippen molar-refractivity contribution in [3.63, 3.8) is 0 Å². The van der Waals surface area contributed by atoms with E-state index in [2.05, 4.69) is 18.9 Å². The first-order chi connectivity index (χ1) is 9.63. The molecule has 2 aliphatic rings. The lowest BCUT2D eigenvalue weighted by Crippen LogP contribution is -2.49. The minimum Gasteiger partial charge on any atom is -0.481 e. The minimum absolute atomic E-state index is 0.147. The molecule has 3 atom stereocenters. The van der Waals surface area contributed by atoms with Gasteiger partial charge in [0.1, 0.15) is 0 Å². The fourth-order valence-corrected chi connectivity index (χ4v) is 4.28. The van der Waals surface area contributed by atoms with Crippen molar-refractivity contribution < 1.29 is 9.90 Å². The van der Waals surface area contributed by atoms with E-state index in [1.54, 1.807) is 0 Å². The lowest BCUT2D eigenvalue weighted by atomic mass is 9.76. The Morgan fingerprint density at radius 1 is 1.10 bits per heavy atom. The maximum absolute atomic E-state index is 11.6. The van der Waals surface area contributed by atoms with Crippen LogP contribution in [0.3, 0.4) is 0 Å². The number of hydrogen-bond donors (Lipinski definition) is 1. The van der Waals surface area contributed by atoms with E-state index in [9.17, 15) is 9.90 Å². The molecule has 2 fully saturated rings. The highest BCUT2D eigenvalue weighted by Crippen LogP contribution is 2.36. The van der Waals surface area contributed by atoms with Gasteiger partial charge in [-0.2, -0.15) is 0 Å². The van der Waals surface area contributed by atoms with Crippen molar-refractivity contribution in [2.24, 2.45) is 11.8 Å². The van der Waals surface area contributed by atoms with Gasteiger partial charge in [-0.05, 0) is 45.1 Å². The van der Waals surface area contributed by atoms with Gasteiger partial charge < -0.3 is 5.11 Å². The first-order valence-corrected chi connectivity index (χ1v) is 8.58. The highest BCUT2D eigenvalue weighted by Gasteiger charge is 2.38. The summed E-state index contributed by atoms with van der Waals surface area (Å²) in [7, 11) is 2.19. The number of hydrogen-bond acceptors (Lipinski definition) is 2. The molecule has 3 nitrogen and oxygen atoms in total. The van der Waals surface area contributed by atoms with Gasteiger partial charge in [0.15, 0.2) is 0 Å². The molecule has 116 valence electrons. The first kappa shape index (κ1) is 15.8. The topological polar surface area (TPSA) is 40.5 Å². The Kier molecular flexibility index (Phi) is 5.88. The van der Waals surface area contributed by atoms with Crippen molar-refractivity contribution in [3.05, 3.63) is 0 Å². The molecule has 0 aliphatic heterocycles. The summed E-state index contributed by atoms with van der Waals surface area (Å²) in [6.45, 7) is 2.24. The predicted molar refractivity (Wildman–Crippen MR) is 81.8 cm³/mol. The van der Waals surface area contributed by atoms with Crippen molar-refractivity contribution in [2.45, 2.75) is 83.2 Å². The Morgan fingerprint density at radius 2 is 1.75 bits per heavy atom. The van der Waals surface area contributed by atoms with Crippen LogP contribution < -0.4 is 0 Å². The maximum atomic E-state index is 11.6. The molecule has 2 saturated carbocycles.